The number of nitriles is 1. The number of aromatic nitrogens is 5. The van der Waals surface area contributed by atoms with Gasteiger partial charge in [0.25, 0.3) is 0 Å². The Hall–Kier alpha value is -3.31. The fourth-order valence-corrected chi connectivity index (χ4v) is 3.75. The predicted octanol–water partition coefficient (Wildman–Crippen LogP) is 3.26. The molecule has 29 heavy (non-hydrogen) atoms. The molecule has 3 aromatic heterocycles. The summed E-state index contributed by atoms with van der Waals surface area (Å²) in [5, 5.41) is 12.2. The molecule has 0 unspecified atom stereocenters. The minimum Gasteiger partial charge on any atom is -0.339 e. The summed E-state index contributed by atoms with van der Waals surface area (Å²) in [5.74, 6) is 2.53. The second-order valence-corrected chi connectivity index (χ2v) is 7.33. The van der Waals surface area contributed by atoms with E-state index in [1.54, 1.807) is 12.3 Å². The molecule has 0 bridgehead atoms. The van der Waals surface area contributed by atoms with Crippen molar-refractivity contribution in [2.24, 2.45) is 7.05 Å². The van der Waals surface area contributed by atoms with Crippen molar-refractivity contribution < 1.29 is 0 Å². The van der Waals surface area contributed by atoms with E-state index in [0.29, 0.717) is 5.69 Å². The van der Waals surface area contributed by atoms with E-state index in [1.807, 2.05) is 44.6 Å². The van der Waals surface area contributed by atoms with Gasteiger partial charge in [0.1, 0.15) is 29.2 Å². The number of imidazole rings is 1. The highest BCUT2D eigenvalue weighted by atomic mass is 15.2. The summed E-state index contributed by atoms with van der Waals surface area (Å²) in [6.07, 6.45) is 8.91. The van der Waals surface area contributed by atoms with Crippen LogP contribution in [0.5, 0.6) is 0 Å². The maximum Gasteiger partial charge on any atom is 0.140 e. The van der Waals surface area contributed by atoms with E-state index in [1.165, 1.54) is 12.8 Å². The van der Waals surface area contributed by atoms with Crippen LogP contribution in [0.2, 0.25) is 0 Å². The van der Waals surface area contributed by atoms with Gasteiger partial charge in [-0.15, -0.1) is 0 Å². The quantitative estimate of drug-likeness (QED) is 0.717. The zero-order chi connectivity index (χ0) is 20.2. The van der Waals surface area contributed by atoms with Gasteiger partial charge >= 0.3 is 0 Å². The molecule has 1 aliphatic rings. The monoisotopic (exact) mass is 388 g/mol. The molecule has 0 amide bonds. The molecule has 1 fully saturated rings. The van der Waals surface area contributed by atoms with Crippen molar-refractivity contribution in [3.8, 4) is 6.07 Å². The van der Waals surface area contributed by atoms with Crippen LogP contribution in [0.4, 0.5) is 11.5 Å². The maximum atomic E-state index is 8.90. The Morgan fingerprint density at radius 3 is 2.86 bits per heavy atom. The van der Waals surface area contributed by atoms with Gasteiger partial charge in [0.2, 0.25) is 0 Å². The fourth-order valence-electron chi connectivity index (χ4n) is 3.75. The molecule has 0 radical (unpaired) electrons. The third kappa shape index (κ3) is 4.41. The van der Waals surface area contributed by atoms with Crippen molar-refractivity contribution in [1.29, 1.82) is 5.26 Å². The highest BCUT2D eigenvalue weighted by molar-refractivity contribution is 5.55. The number of hydrogen-bond acceptors (Lipinski definition) is 7. The minimum atomic E-state index is 0.238. The van der Waals surface area contributed by atoms with Crippen molar-refractivity contribution in [1.82, 2.24) is 29.4 Å². The van der Waals surface area contributed by atoms with Gasteiger partial charge in [-0.25, -0.2) is 19.9 Å². The predicted molar refractivity (Wildman–Crippen MR) is 109 cm³/mol. The molecule has 8 heteroatoms. The zero-order valence-corrected chi connectivity index (χ0v) is 16.7. The Balaban J connectivity index is 1.57. The maximum absolute atomic E-state index is 8.90. The molecular weight excluding hydrogens is 364 g/mol. The lowest BCUT2D eigenvalue weighted by atomic mass is 9.99. The lowest BCUT2D eigenvalue weighted by Gasteiger charge is -2.35. The molecule has 1 aliphatic heterocycles. The Labute approximate surface area is 170 Å². The van der Waals surface area contributed by atoms with E-state index < -0.39 is 0 Å². The Bertz CT molecular complexity index is 1020. The molecule has 0 aliphatic carbocycles. The molecule has 1 N–H and O–H groups in total. The van der Waals surface area contributed by atoms with Crippen molar-refractivity contribution in [2.45, 2.75) is 38.8 Å². The molecule has 0 saturated carbocycles. The van der Waals surface area contributed by atoms with Crippen LogP contribution in [0, 0.1) is 18.3 Å². The Morgan fingerprint density at radius 2 is 2.14 bits per heavy atom. The first-order valence-corrected chi connectivity index (χ1v) is 9.81. The Kier molecular flexibility index (Phi) is 5.49. The van der Waals surface area contributed by atoms with E-state index in [4.69, 9.17) is 10.2 Å². The minimum absolute atomic E-state index is 0.238. The number of nitrogens with zero attached hydrogens (tertiary/aromatic N) is 7. The largest absolute Gasteiger partial charge is 0.339 e. The first-order valence-electron chi connectivity index (χ1n) is 9.81. The van der Waals surface area contributed by atoms with Crippen LogP contribution in [0.1, 0.15) is 48.3 Å². The standard InChI is InChI=1S/C21H24N8/c1-15-25-18(11-20(26-15)27-17-7-6-16(12-22)24-13-17)19-5-3-4-9-29(19)14-21-23-8-10-28(21)2/h6-8,10-11,13,19H,3-5,9,14H2,1-2H3,(H,25,26,27)/t19-/m0/s1. The molecule has 8 nitrogen and oxygen atoms in total. The van der Waals surface area contributed by atoms with Crippen LogP contribution < -0.4 is 5.32 Å². The normalized spacial score (nSPS) is 17.1. The fraction of sp³-hybridized carbons (Fsp3) is 0.381. The van der Waals surface area contributed by atoms with Crippen molar-refractivity contribution >= 4 is 11.5 Å². The average Bonchev–Trinajstić information content (AvgIpc) is 3.13. The highest BCUT2D eigenvalue weighted by Crippen LogP contribution is 2.32. The molecule has 4 rings (SSSR count). The van der Waals surface area contributed by atoms with Crippen molar-refractivity contribution in [2.75, 3.05) is 11.9 Å². The van der Waals surface area contributed by atoms with Crippen LogP contribution >= 0.6 is 0 Å². The van der Waals surface area contributed by atoms with Gasteiger partial charge in [-0.2, -0.15) is 5.26 Å². The second-order valence-electron chi connectivity index (χ2n) is 7.33. The van der Waals surface area contributed by atoms with Crippen LogP contribution in [0.15, 0.2) is 36.8 Å². The van der Waals surface area contributed by atoms with E-state index >= 15 is 0 Å². The van der Waals surface area contributed by atoms with Crippen LogP contribution in [0.25, 0.3) is 0 Å². The molecule has 1 atom stereocenters. The number of hydrogen-bond donors (Lipinski definition) is 1. The summed E-state index contributed by atoms with van der Waals surface area (Å²) in [7, 11) is 2.03. The second kappa shape index (κ2) is 8.37. The molecule has 0 spiro atoms. The zero-order valence-electron chi connectivity index (χ0n) is 16.7. The lowest BCUT2D eigenvalue weighted by Crippen LogP contribution is -2.34. The van der Waals surface area contributed by atoms with Gasteiger partial charge in [0.05, 0.1) is 30.2 Å². The van der Waals surface area contributed by atoms with Crippen molar-refractivity contribution in [3.63, 3.8) is 0 Å². The summed E-state index contributed by atoms with van der Waals surface area (Å²) in [5.41, 5.74) is 2.21. The van der Waals surface area contributed by atoms with Gasteiger partial charge in [0, 0.05) is 25.5 Å². The van der Waals surface area contributed by atoms with E-state index in [-0.39, 0.29) is 6.04 Å². The van der Waals surface area contributed by atoms with Gasteiger partial charge < -0.3 is 9.88 Å². The lowest BCUT2D eigenvalue weighted by molar-refractivity contribution is 0.132. The molecule has 148 valence electrons. The first-order chi connectivity index (χ1) is 14.1. The molecule has 4 heterocycles. The van der Waals surface area contributed by atoms with Crippen molar-refractivity contribution in [3.05, 3.63) is 59.8 Å². The molecule has 1 saturated heterocycles. The number of aryl methyl sites for hydroxylation is 2. The number of likely N-dealkylation sites (tertiary alicyclic amines) is 1. The number of piperidine rings is 1. The number of nitrogens with one attached hydrogen (secondary N) is 1. The topological polar surface area (TPSA) is 95.5 Å². The molecular formula is C21H24N8. The third-order valence-electron chi connectivity index (χ3n) is 5.23. The SMILES string of the molecule is Cc1nc(Nc2ccc(C#N)nc2)cc([C@@H]2CCCCN2Cc2nccn2C)n1. The summed E-state index contributed by atoms with van der Waals surface area (Å²) in [4.78, 5) is 20.3. The van der Waals surface area contributed by atoms with E-state index in [2.05, 4.69) is 29.7 Å². The van der Waals surface area contributed by atoms with Gasteiger partial charge in [-0.05, 0) is 38.4 Å². The van der Waals surface area contributed by atoms with Gasteiger partial charge in [-0.3, -0.25) is 4.90 Å². The van der Waals surface area contributed by atoms with E-state index in [9.17, 15) is 0 Å². The summed E-state index contributed by atoms with van der Waals surface area (Å²) in [6.45, 7) is 3.75. The summed E-state index contributed by atoms with van der Waals surface area (Å²) in [6, 6.07) is 7.80. The third-order valence-corrected chi connectivity index (χ3v) is 5.23. The Morgan fingerprint density at radius 1 is 1.24 bits per heavy atom. The summed E-state index contributed by atoms with van der Waals surface area (Å²) >= 11 is 0. The van der Waals surface area contributed by atoms with Crippen LogP contribution in [-0.4, -0.2) is 35.9 Å². The first kappa shape index (κ1) is 19.0. The molecule has 0 aromatic carbocycles. The highest BCUT2D eigenvalue weighted by Gasteiger charge is 2.26. The van der Waals surface area contributed by atoms with Gasteiger partial charge in [-0.1, -0.05) is 6.42 Å². The number of anilines is 2. The average molecular weight is 388 g/mol. The van der Waals surface area contributed by atoms with Gasteiger partial charge in [0.15, 0.2) is 0 Å². The van der Waals surface area contributed by atoms with Crippen LogP contribution in [0.3, 0.4) is 0 Å². The van der Waals surface area contributed by atoms with Crippen LogP contribution in [-0.2, 0) is 13.6 Å². The molecule has 3 aromatic rings. The number of rotatable bonds is 5. The van der Waals surface area contributed by atoms with E-state index in [0.717, 1.165) is 48.4 Å². The number of pyridine rings is 1. The summed E-state index contributed by atoms with van der Waals surface area (Å²) < 4.78 is 2.07. The smallest absolute Gasteiger partial charge is 0.140 e.